The molecule has 6 heteroatoms. The Morgan fingerprint density at radius 3 is 2.42 bits per heavy atom. The quantitative estimate of drug-likeness (QED) is 0.477. The number of aryl methyl sites for hydroxylation is 1. The van der Waals surface area contributed by atoms with Gasteiger partial charge >= 0.3 is 0 Å². The molecule has 3 heterocycles. The number of para-hydroxylation sites is 2. The fraction of sp³-hybridized carbons (Fsp3) is 0.0500. The Balaban J connectivity index is 1.71. The third kappa shape index (κ3) is 2.39. The topological polar surface area (TPSA) is 69.9 Å². The molecule has 126 valence electrons. The lowest BCUT2D eigenvalue weighted by molar-refractivity contribution is 0.528. The number of aromatic nitrogens is 4. The first-order valence-corrected chi connectivity index (χ1v) is 8.23. The lowest BCUT2D eigenvalue weighted by atomic mass is 10.2. The highest BCUT2D eigenvalue weighted by Gasteiger charge is 2.19. The van der Waals surface area contributed by atoms with Crippen LogP contribution in [0.5, 0.6) is 0 Å². The van der Waals surface area contributed by atoms with Crippen molar-refractivity contribution in [3.63, 3.8) is 0 Å². The zero-order chi connectivity index (χ0) is 17.5. The van der Waals surface area contributed by atoms with E-state index in [9.17, 15) is 0 Å². The van der Waals surface area contributed by atoms with Crippen LogP contribution in [0.25, 0.3) is 39.7 Å². The SMILES string of the molecule is Cc1nnc(-c2cc(-c3cc4ccccc4o3)nn2-c2ccccc2)o1. The Labute approximate surface area is 148 Å². The largest absolute Gasteiger partial charge is 0.454 e. The lowest BCUT2D eigenvalue weighted by Gasteiger charge is -2.03. The summed E-state index contributed by atoms with van der Waals surface area (Å²) in [6.45, 7) is 1.76. The van der Waals surface area contributed by atoms with Gasteiger partial charge in [-0.3, -0.25) is 0 Å². The molecule has 0 aliphatic heterocycles. The summed E-state index contributed by atoms with van der Waals surface area (Å²) in [4.78, 5) is 0. The molecular formula is C20H14N4O2. The van der Waals surface area contributed by atoms with Gasteiger partial charge < -0.3 is 8.83 Å². The smallest absolute Gasteiger partial charge is 0.266 e. The van der Waals surface area contributed by atoms with Gasteiger partial charge in [-0.25, -0.2) is 4.68 Å². The van der Waals surface area contributed by atoms with Crippen LogP contribution in [0.2, 0.25) is 0 Å². The Morgan fingerprint density at radius 2 is 1.65 bits per heavy atom. The molecule has 0 fully saturated rings. The third-order valence-corrected chi connectivity index (χ3v) is 4.13. The zero-order valence-corrected chi connectivity index (χ0v) is 14.0. The number of nitrogens with zero attached hydrogens (tertiary/aromatic N) is 4. The maximum absolute atomic E-state index is 5.96. The first-order valence-electron chi connectivity index (χ1n) is 8.23. The van der Waals surface area contributed by atoms with Crippen molar-refractivity contribution in [2.45, 2.75) is 6.92 Å². The van der Waals surface area contributed by atoms with Gasteiger partial charge in [0.2, 0.25) is 5.89 Å². The summed E-state index contributed by atoms with van der Waals surface area (Å²) in [7, 11) is 0. The van der Waals surface area contributed by atoms with Crippen molar-refractivity contribution in [2.75, 3.05) is 0 Å². The van der Waals surface area contributed by atoms with E-state index in [0.29, 0.717) is 28.9 Å². The van der Waals surface area contributed by atoms with E-state index in [1.54, 1.807) is 11.6 Å². The molecule has 0 amide bonds. The van der Waals surface area contributed by atoms with Gasteiger partial charge in [-0.2, -0.15) is 5.10 Å². The number of rotatable bonds is 3. The molecule has 0 aliphatic carbocycles. The Hall–Kier alpha value is -3.67. The van der Waals surface area contributed by atoms with Crippen LogP contribution in [0.4, 0.5) is 0 Å². The minimum absolute atomic E-state index is 0.418. The van der Waals surface area contributed by atoms with Crippen LogP contribution in [0, 0.1) is 6.92 Å². The van der Waals surface area contributed by atoms with E-state index in [-0.39, 0.29) is 0 Å². The highest BCUT2D eigenvalue weighted by molar-refractivity contribution is 5.82. The Kier molecular flexibility index (Phi) is 3.21. The molecule has 0 aliphatic rings. The molecule has 5 rings (SSSR count). The highest BCUT2D eigenvalue weighted by atomic mass is 16.4. The van der Waals surface area contributed by atoms with Crippen molar-refractivity contribution >= 4 is 11.0 Å². The standard InChI is InChI=1S/C20H14N4O2/c1-13-21-22-20(25-13)17-12-16(23-24(17)15-8-3-2-4-9-15)19-11-14-7-5-6-10-18(14)26-19/h2-12H,1H3. The van der Waals surface area contributed by atoms with Gasteiger partial charge in [0.05, 0.1) is 5.69 Å². The Bertz CT molecular complexity index is 1170. The third-order valence-electron chi connectivity index (χ3n) is 4.13. The second-order valence-electron chi connectivity index (χ2n) is 5.94. The normalized spacial score (nSPS) is 11.3. The number of furan rings is 1. The van der Waals surface area contributed by atoms with Crippen molar-refractivity contribution in [3.8, 4) is 28.7 Å². The molecule has 2 aromatic carbocycles. The summed E-state index contributed by atoms with van der Waals surface area (Å²) in [6.07, 6.45) is 0. The van der Waals surface area contributed by atoms with Crippen LogP contribution < -0.4 is 0 Å². The van der Waals surface area contributed by atoms with Crippen LogP contribution in [-0.2, 0) is 0 Å². The van der Waals surface area contributed by atoms with Gasteiger partial charge in [0.25, 0.3) is 5.89 Å². The van der Waals surface area contributed by atoms with Crippen LogP contribution >= 0.6 is 0 Å². The average Bonchev–Trinajstić information content (AvgIpc) is 3.39. The predicted octanol–water partition coefficient (Wildman–Crippen LogP) is 4.64. The van der Waals surface area contributed by atoms with Gasteiger partial charge in [-0.15, -0.1) is 10.2 Å². The van der Waals surface area contributed by atoms with E-state index in [1.165, 1.54) is 0 Å². The average molecular weight is 342 g/mol. The molecule has 0 unspecified atom stereocenters. The highest BCUT2D eigenvalue weighted by Crippen LogP contribution is 2.31. The van der Waals surface area contributed by atoms with Gasteiger partial charge in [0.1, 0.15) is 17.0 Å². The fourth-order valence-corrected chi connectivity index (χ4v) is 2.93. The van der Waals surface area contributed by atoms with Crippen LogP contribution in [0.3, 0.4) is 0 Å². The van der Waals surface area contributed by atoms with E-state index in [4.69, 9.17) is 13.9 Å². The molecule has 0 saturated carbocycles. The Morgan fingerprint density at radius 1 is 0.846 bits per heavy atom. The molecule has 5 aromatic rings. The second-order valence-corrected chi connectivity index (χ2v) is 5.94. The van der Waals surface area contributed by atoms with E-state index in [2.05, 4.69) is 10.2 Å². The molecule has 0 atom stereocenters. The van der Waals surface area contributed by atoms with Gasteiger partial charge in [-0.1, -0.05) is 36.4 Å². The van der Waals surface area contributed by atoms with Crippen molar-refractivity contribution in [3.05, 3.63) is 72.6 Å². The van der Waals surface area contributed by atoms with E-state index in [1.807, 2.05) is 66.7 Å². The molecule has 0 N–H and O–H groups in total. The van der Waals surface area contributed by atoms with Crippen molar-refractivity contribution in [1.29, 1.82) is 0 Å². The molecule has 0 bridgehead atoms. The molecular weight excluding hydrogens is 328 g/mol. The number of benzene rings is 2. The summed E-state index contributed by atoms with van der Waals surface area (Å²) in [6, 6.07) is 21.6. The molecule has 0 saturated heterocycles. The second kappa shape index (κ2) is 5.70. The summed E-state index contributed by atoms with van der Waals surface area (Å²) >= 11 is 0. The predicted molar refractivity (Wildman–Crippen MR) is 96.8 cm³/mol. The van der Waals surface area contributed by atoms with Crippen LogP contribution in [0.1, 0.15) is 5.89 Å². The van der Waals surface area contributed by atoms with Crippen molar-refractivity contribution in [2.24, 2.45) is 0 Å². The number of hydrogen-bond donors (Lipinski definition) is 0. The summed E-state index contributed by atoms with van der Waals surface area (Å²) in [5.74, 6) is 1.62. The van der Waals surface area contributed by atoms with Gasteiger partial charge in [-0.05, 0) is 24.3 Å². The first-order chi connectivity index (χ1) is 12.8. The number of hydrogen-bond acceptors (Lipinski definition) is 5. The minimum Gasteiger partial charge on any atom is -0.454 e. The lowest BCUT2D eigenvalue weighted by Crippen LogP contribution is -1.99. The minimum atomic E-state index is 0.418. The first kappa shape index (κ1) is 14.7. The summed E-state index contributed by atoms with van der Waals surface area (Å²) in [5.41, 5.74) is 3.15. The molecule has 6 nitrogen and oxygen atoms in total. The monoisotopic (exact) mass is 342 g/mol. The van der Waals surface area contributed by atoms with Gasteiger partial charge in [0, 0.05) is 18.4 Å². The maximum Gasteiger partial charge on any atom is 0.266 e. The van der Waals surface area contributed by atoms with Crippen LogP contribution in [0.15, 0.2) is 75.6 Å². The molecule has 26 heavy (non-hydrogen) atoms. The van der Waals surface area contributed by atoms with Gasteiger partial charge in [0.15, 0.2) is 5.76 Å². The van der Waals surface area contributed by atoms with E-state index < -0.39 is 0 Å². The summed E-state index contributed by atoms with van der Waals surface area (Å²) in [5, 5.41) is 13.8. The molecule has 3 aromatic heterocycles. The van der Waals surface area contributed by atoms with Crippen molar-refractivity contribution < 1.29 is 8.83 Å². The summed E-state index contributed by atoms with van der Waals surface area (Å²) < 4.78 is 13.4. The molecule has 0 spiro atoms. The van der Waals surface area contributed by atoms with Crippen LogP contribution in [-0.4, -0.2) is 20.0 Å². The number of fused-ring (bicyclic) bond motifs is 1. The van der Waals surface area contributed by atoms with E-state index >= 15 is 0 Å². The zero-order valence-electron chi connectivity index (χ0n) is 14.0. The van der Waals surface area contributed by atoms with E-state index in [0.717, 1.165) is 16.7 Å². The maximum atomic E-state index is 5.96. The van der Waals surface area contributed by atoms with Crippen molar-refractivity contribution in [1.82, 2.24) is 20.0 Å². The fourth-order valence-electron chi connectivity index (χ4n) is 2.93. The molecule has 0 radical (unpaired) electrons.